The second-order valence-corrected chi connectivity index (χ2v) is 9.29. The predicted octanol–water partition coefficient (Wildman–Crippen LogP) is 8.52. The molecule has 0 bridgehead atoms. The van der Waals surface area contributed by atoms with Gasteiger partial charge in [-0.25, -0.2) is 4.39 Å². The molecule has 0 aliphatic heterocycles. The van der Waals surface area contributed by atoms with Gasteiger partial charge in [-0.1, -0.05) is 95.8 Å². The van der Waals surface area contributed by atoms with Crippen molar-refractivity contribution in [1.82, 2.24) is 10.2 Å². The van der Waals surface area contributed by atoms with Crippen molar-refractivity contribution < 1.29 is 13.5 Å². The molecule has 174 valence electrons. The van der Waals surface area contributed by atoms with E-state index in [2.05, 4.69) is 24.0 Å². The fourth-order valence-corrected chi connectivity index (χ4v) is 4.47. The summed E-state index contributed by atoms with van der Waals surface area (Å²) in [6, 6.07) is 3.05. The highest BCUT2D eigenvalue weighted by molar-refractivity contribution is 7.14. The lowest BCUT2D eigenvalue weighted by molar-refractivity contribution is 0.285. The van der Waals surface area contributed by atoms with Crippen molar-refractivity contribution in [3.05, 3.63) is 28.8 Å². The molecule has 0 spiro atoms. The summed E-state index contributed by atoms with van der Waals surface area (Å²) in [6.45, 7) is 4.81. The van der Waals surface area contributed by atoms with Gasteiger partial charge in [0.1, 0.15) is 5.01 Å². The zero-order valence-corrected chi connectivity index (χ0v) is 20.0. The first-order valence-electron chi connectivity index (χ1n) is 12.1. The number of nitrogens with zero attached hydrogens (tertiary/aromatic N) is 2. The summed E-state index contributed by atoms with van der Waals surface area (Å²) in [5.41, 5.74) is 0.160. The van der Waals surface area contributed by atoms with E-state index in [4.69, 9.17) is 4.74 Å². The van der Waals surface area contributed by atoms with Crippen LogP contribution in [0.2, 0.25) is 0 Å². The van der Waals surface area contributed by atoms with Crippen molar-refractivity contribution in [3.8, 4) is 16.3 Å². The highest BCUT2D eigenvalue weighted by atomic mass is 32.1. The van der Waals surface area contributed by atoms with Gasteiger partial charge in [0, 0.05) is 6.42 Å². The molecule has 0 saturated carbocycles. The first kappa shape index (κ1) is 25.7. The highest BCUT2D eigenvalue weighted by Gasteiger charge is 2.18. The molecule has 0 amide bonds. The molecular weight excluding hydrogens is 414 g/mol. The van der Waals surface area contributed by atoms with Crippen LogP contribution in [-0.4, -0.2) is 16.8 Å². The van der Waals surface area contributed by atoms with Crippen molar-refractivity contribution in [2.45, 2.75) is 104 Å². The van der Waals surface area contributed by atoms with Gasteiger partial charge < -0.3 is 4.74 Å². The van der Waals surface area contributed by atoms with Crippen molar-refractivity contribution in [2.24, 2.45) is 0 Å². The fourth-order valence-electron chi connectivity index (χ4n) is 3.57. The minimum absolute atomic E-state index is 0.0254. The monoisotopic (exact) mass is 452 g/mol. The number of aryl methyl sites for hydroxylation is 1. The number of benzene rings is 1. The van der Waals surface area contributed by atoms with Gasteiger partial charge in [0.2, 0.25) is 5.82 Å². The normalized spacial score (nSPS) is 11.2. The molecule has 6 heteroatoms. The Hall–Kier alpha value is -1.56. The average molecular weight is 453 g/mol. The Balaban J connectivity index is 1.79. The zero-order valence-electron chi connectivity index (χ0n) is 19.2. The van der Waals surface area contributed by atoms with Gasteiger partial charge in [0.05, 0.1) is 12.2 Å². The smallest absolute Gasteiger partial charge is 0.201 e. The summed E-state index contributed by atoms with van der Waals surface area (Å²) >= 11 is 1.35. The third-order valence-electron chi connectivity index (χ3n) is 5.49. The first-order valence-corrected chi connectivity index (χ1v) is 12.9. The van der Waals surface area contributed by atoms with Crippen LogP contribution in [0.15, 0.2) is 12.1 Å². The summed E-state index contributed by atoms with van der Waals surface area (Å²) in [5, 5.41) is 9.57. The second kappa shape index (κ2) is 15.3. The Morgan fingerprint density at radius 1 is 0.742 bits per heavy atom. The summed E-state index contributed by atoms with van der Waals surface area (Å²) in [6.07, 6.45) is 16.2. The van der Waals surface area contributed by atoms with Gasteiger partial charge in [-0.15, -0.1) is 10.2 Å². The number of ether oxygens (including phenoxy) is 1. The number of rotatable bonds is 17. The molecule has 3 nitrogen and oxygen atoms in total. The molecule has 0 fully saturated rings. The van der Waals surface area contributed by atoms with Gasteiger partial charge in [0.25, 0.3) is 0 Å². The summed E-state index contributed by atoms with van der Waals surface area (Å²) in [7, 11) is 0. The maximum atomic E-state index is 14.6. The summed E-state index contributed by atoms with van der Waals surface area (Å²) in [4.78, 5) is 0. The molecule has 2 rings (SSSR count). The Kier molecular flexibility index (Phi) is 12.7. The lowest BCUT2D eigenvalue weighted by Gasteiger charge is -2.09. The topological polar surface area (TPSA) is 35.0 Å². The van der Waals surface area contributed by atoms with Gasteiger partial charge >= 0.3 is 0 Å². The molecule has 0 aliphatic carbocycles. The molecule has 0 aliphatic rings. The average Bonchev–Trinajstić information content (AvgIpc) is 3.24. The Bertz CT molecular complexity index is 751. The molecule has 1 aromatic carbocycles. The van der Waals surface area contributed by atoms with Gasteiger partial charge in [-0.3, -0.25) is 0 Å². The van der Waals surface area contributed by atoms with Gasteiger partial charge in [0.15, 0.2) is 16.6 Å². The second-order valence-electron chi connectivity index (χ2n) is 8.23. The number of aromatic nitrogens is 2. The van der Waals surface area contributed by atoms with Crippen LogP contribution in [0, 0.1) is 11.6 Å². The van der Waals surface area contributed by atoms with Crippen molar-refractivity contribution in [1.29, 1.82) is 0 Å². The molecule has 0 unspecified atom stereocenters. The molecule has 0 radical (unpaired) electrons. The Labute approximate surface area is 190 Å². The molecular formula is C25H38F2N2OS. The lowest BCUT2D eigenvalue weighted by atomic mass is 10.1. The lowest BCUT2D eigenvalue weighted by Crippen LogP contribution is -2.01. The van der Waals surface area contributed by atoms with E-state index in [1.807, 2.05) is 0 Å². The van der Waals surface area contributed by atoms with E-state index in [1.54, 1.807) is 6.07 Å². The van der Waals surface area contributed by atoms with E-state index < -0.39 is 11.6 Å². The fraction of sp³-hybridized carbons (Fsp3) is 0.680. The molecule has 0 N–H and O–H groups in total. The largest absolute Gasteiger partial charge is 0.490 e. The molecule has 1 aromatic heterocycles. The summed E-state index contributed by atoms with van der Waals surface area (Å²) in [5.74, 6) is -1.87. The standard InChI is InChI=1S/C25H38F2N2OS/c1-3-5-7-9-11-12-14-16-22-28-29-25(31-22)20-17-18-21(24(27)23(20)26)30-19-15-13-10-8-6-4-2/h17-18H,3-16,19H2,1-2H3. The third kappa shape index (κ3) is 9.22. The molecule has 1 heterocycles. The van der Waals surface area contributed by atoms with E-state index in [1.165, 1.54) is 75.2 Å². The van der Waals surface area contributed by atoms with Crippen LogP contribution in [0.25, 0.3) is 10.6 Å². The van der Waals surface area contributed by atoms with E-state index in [0.29, 0.717) is 11.6 Å². The van der Waals surface area contributed by atoms with Crippen molar-refractivity contribution >= 4 is 11.3 Å². The van der Waals surface area contributed by atoms with Gasteiger partial charge in [-0.05, 0) is 25.0 Å². The molecule has 31 heavy (non-hydrogen) atoms. The first-order chi connectivity index (χ1) is 15.2. The SMILES string of the molecule is CCCCCCCCCc1nnc(-c2ccc(OCCCCCCCC)c(F)c2F)s1. The quantitative estimate of drug-likeness (QED) is 0.226. The number of unbranched alkanes of at least 4 members (excludes halogenated alkanes) is 11. The van der Waals surface area contributed by atoms with Crippen molar-refractivity contribution in [3.63, 3.8) is 0 Å². The number of halogens is 2. The van der Waals surface area contributed by atoms with E-state index in [0.717, 1.165) is 37.1 Å². The van der Waals surface area contributed by atoms with Crippen molar-refractivity contribution in [2.75, 3.05) is 6.61 Å². The van der Waals surface area contributed by atoms with Crippen LogP contribution in [0.1, 0.15) is 102 Å². The highest BCUT2D eigenvalue weighted by Crippen LogP contribution is 2.32. The Morgan fingerprint density at radius 3 is 2.03 bits per heavy atom. The van der Waals surface area contributed by atoms with Crippen LogP contribution in [0.3, 0.4) is 0 Å². The van der Waals surface area contributed by atoms with Crippen LogP contribution in [0.4, 0.5) is 8.78 Å². The maximum absolute atomic E-state index is 14.6. The number of hydrogen-bond acceptors (Lipinski definition) is 4. The van der Waals surface area contributed by atoms with E-state index in [-0.39, 0.29) is 11.3 Å². The van der Waals surface area contributed by atoms with Crippen LogP contribution >= 0.6 is 11.3 Å². The van der Waals surface area contributed by atoms with E-state index >= 15 is 0 Å². The minimum atomic E-state index is -0.938. The predicted molar refractivity (Wildman–Crippen MR) is 126 cm³/mol. The summed E-state index contributed by atoms with van der Waals surface area (Å²) < 4.78 is 34.5. The van der Waals surface area contributed by atoms with Gasteiger partial charge in [-0.2, -0.15) is 4.39 Å². The van der Waals surface area contributed by atoms with E-state index in [9.17, 15) is 8.78 Å². The van der Waals surface area contributed by atoms with Crippen LogP contribution in [-0.2, 0) is 6.42 Å². The maximum Gasteiger partial charge on any atom is 0.201 e. The van der Waals surface area contributed by atoms with Crippen LogP contribution in [0.5, 0.6) is 5.75 Å². The molecule has 0 saturated heterocycles. The van der Waals surface area contributed by atoms with Crippen LogP contribution < -0.4 is 4.74 Å². The zero-order chi connectivity index (χ0) is 22.3. The molecule has 2 aromatic rings. The minimum Gasteiger partial charge on any atom is -0.490 e. The Morgan fingerprint density at radius 2 is 1.35 bits per heavy atom. The molecule has 0 atom stereocenters. The third-order valence-corrected chi connectivity index (χ3v) is 6.51. The number of hydrogen-bond donors (Lipinski definition) is 0.